The molecule has 0 atom stereocenters. The molecule has 28 heavy (non-hydrogen) atoms. The maximum absolute atomic E-state index is 13.0. The van der Waals surface area contributed by atoms with Crippen LogP contribution in [0.2, 0.25) is 0 Å². The number of imide groups is 1. The van der Waals surface area contributed by atoms with Crippen LogP contribution in [0.3, 0.4) is 0 Å². The van der Waals surface area contributed by atoms with Crippen molar-refractivity contribution in [3.05, 3.63) is 83.9 Å². The lowest BCUT2D eigenvalue weighted by molar-refractivity contribution is 0.0924. The number of carbonyl (C=O) groups excluding carboxylic acids is 2. The van der Waals surface area contributed by atoms with E-state index in [0.29, 0.717) is 0 Å². The fourth-order valence-corrected chi connectivity index (χ4v) is 3.89. The molecule has 2 aromatic carbocycles. The Labute approximate surface area is 159 Å². The maximum Gasteiger partial charge on any atom is 0.284 e. The minimum absolute atomic E-state index is 0.0461. The quantitative estimate of drug-likeness (QED) is 0.683. The lowest BCUT2D eigenvalue weighted by Gasteiger charge is -2.15. The van der Waals surface area contributed by atoms with Gasteiger partial charge < -0.3 is 0 Å². The molecule has 7 nitrogen and oxygen atoms in total. The van der Waals surface area contributed by atoms with Crippen molar-refractivity contribution < 1.29 is 22.4 Å². The summed E-state index contributed by atoms with van der Waals surface area (Å²) < 4.78 is 40.3. The molecule has 0 radical (unpaired) electrons. The molecule has 1 aliphatic heterocycles. The summed E-state index contributed by atoms with van der Waals surface area (Å²) in [5.41, 5.74) is 0.577. The van der Waals surface area contributed by atoms with Crippen molar-refractivity contribution in [2.45, 2.75) is 4.90 Å². The Morgan fingerprint density at radius 1 is 0.929 bits per heavy atom. The molecule has 0 fully saturated rings. The molecule has 1 aromatic heterocycles. The number of fused-ring (bicyclic) bond motifs is 1. The van der Waals surface area contributed by atoms with E-state index in [0.717, 1.165) is 29.2 Å². The number of anilines is 2. The Balaban J connectivity index is 1.65. The standard InChI is InChI=1S/C19H12FN3O4S/c20-12-6-8-15(9-7-12)28(26,27)22-13-3-1-4-14(11-13)23-18(24)16-5-2-10-21-17(16)19(23)25/h1-11,22H. The molecule has 0 bridgehead atoms. The van der Waals surface area contributed by atoms with Crippen LogP contribution in [0.1, 0.15) is 20.8 Å². The van der Waals surface area contributed by atoms with Crippen LogP contribution in [0.15, 0.2) is 71.8 Å². The van der Waals surface area contributed by atoms with Crippen molar-refractivity contribution in [2.75, 3.05) is 9.62 Å². The van der Waals surface area contributed by atoms with Gasteiger partial charge in [0.05, 0.1) is 21.8 Å². The number of hydrogen-bond donors (Lipinski definition) is 1. The second kappa shape index (κ2) is 6.54. The number of pyridine rings is 1. The van der Waals surface area contributed by atoms with Gasteiger partial charge in [0.15, 0.2) is 0 Å². The van der Waals surface area contributed by atoms with Crippen LogP contribution in [-0.2, 0) is 10.0 Å². The van der Waals surface area contributed by atoms with Gasteiger partial charge in [0.25, 0.3) is 21.8 Å². The third kappa shape index (κ3) is 3.01. The van der Waals surface area contributed by atoms with Crippen molar-refractivity contribution in [2.24, 2.45) is 0 Å². The molecule has 0 aliphatic carbocycles. The summed E-state index contributed by atoms with van der Waals surface area (Å²) in [4.78, 5) is 29.8. The van der Waals surface area contributed by atoms with Crippen molar-refractivity contribution in [3.63, 3.8) is 0 Å². The molecule has 9 heteroatoms. The molecule has 0 saturated carbocycles. The molecule has 140 valence electrons. The van der Waals surface area contributed by atoms with Crippen LogP contribution in [-0.4, -0.2) is 25.2 Å². The van der Waals surface area contributed by atoms with Gasteiger partial charge in [0.2, 0.25) is 0 Å². The average Bonchev–Trinajstić information content (AvgIpc) is 2.93. The molecule has 4 rings (SSSR count). The number of hydrogen-bond acceptors (Lipinski definition) is 5. The van der Waals surface area contributed by atoms with Gasteiger partial charge in [-0.15, -0.1) is 0 Å². The van der Waals surface area contributed by atoms with Crippen LogP contribution in [0, 0.1) is 5.82 Å². The molecule has 2 heterocycles. The van der Waals surface area contributed by atoms with E-state index in [1.165, 1.54) is 36.5 Å². The monoisotopic (exact) mass is 397 g/mol. The van der Waals surface area contributed by atoms with E-state index in [4.69, 9.17) is 0 Å². The number of halogens is 1. The van der Waals surface area contributed by atoms with Gasteiger partial charge in [-0.3, -0.25) is 19.3 Å². The Bertz CT molecular complexity index is 1170. The summed E-state index contributed by atoms with van der Waals surface area (Å²) in [6, 6.07) is 13.3. The number of aromatic nitrogens is 1. The fraction of sp³-hybridized carbons (Fsp3) is 0. The maximum atomic E-state index is 13.0. The summed E-state index contributed by atoms with van der Waals surface area (Å²) in [6.07, 6.45) is 1.42. The Morgan fingerprint density at radius 2 is 1.68 bits per heavy atom. The predicted molar refractivity (Wildman–Crippen MR) is 99.0 cm³/mol. The molecule has 0 spiro atoms. The zero-order chi connectivity index (χ0) is 19.9. The predicted octanol–water partition coefficient (Wildman–Crippen LogP) is 2.82. The SMILES string of the molecule is O=C1c2cccnc2C(=O)N1c1cccc(NS(=O)(=O)c2ccc(F)cc2)c1. The number of sulfonamides is 1. The Kier molecular flexibility index (Phi) is 4.16. The summed E-state index contributed by atoms with van der Waals surface area (Å²) in [5, 5.41) is 0. The largest absolute Gasteiger partial charge is 0.284 e. The zero-order valence-electron chi connectivity index (χ0n) is 14.2. The van der Waals surface area contributed by atoms with E-state index in [-0.39, 0.29) is 27.5 Å². The van der Waals surface area contributed by atoms with Gasteiger partial charge in [0.1, 0.15) is 11.5 Å². The van der Waals surface area contributed by atoms with Gasteiger partial charge in [-0.1, -0.05) is 6.07 Å². The molecule has 3 aromatic rings. The summed E-state index contributed by atoms with van der Waals surface area (Å²) in [6.45, 7) is 0. The summed E-state index contributed by atoms with van der Waals surface area (Å²) >= 11 is 0. The van der Waals surface area contributed by atoms with Gasteiger partial charge in [-0.25, -0.2) is 17.7 Å². The van der Waals surface area contributed by atoms with Crippen LogP contribution in [0.25, 0.3) is 0 Å². The highest BCUT2D eigenvalue weighted by Gasteiger charge is 2.37. The summed E-state index contributed by atoms with van der Waals surface area (Å²) in [7, 11) is -3.97. The second-order valence-electron chi connectivity index (χ2n) is 5.96. The third-order valence-corrected chi connectivity index (χ3v) is 5.52. The van der Waals surface area contributed by atoms with Crippen LogP contribution >= 0.6 is 0 Å². The van der Waals surface area contributed by atoms with E-state index >= 15 is 0 Å². The molecule has 2 amide bonds. The number of benzene rings is 2. The van der Waals surface area contributed by atoms with Crippen molar-refractivity contribution >= 4 is 33.2 Å². The first-order chi connectivity index (χ1) is 13.4. The Morgan fingerprint density at radius 3 is 2.39 bits per heavy atom. The van der Waals surface area contributed by atoms with Crippen LogP contribution in [0.4, 0.5) is 15.8 Å². The first-order valence-electron chi connectivity index (χ1n) is 8.09. The van der Waals surface area contributed by atoms with Gasteiger partial charge in [0, 0.05) is 6.20 Å². The summed E-state index contributed by atoms with van der Waals surface area (Å²) in [5.74, 6) is -1.68. The van der Waals surface area contributed by atoms with Crippen molar-refractivity contribution in [1.29, 1.82) is 0 Å². The van der Waals surface area contributed by atoms with Crippen molar-refractivity contribution in [1.82, 2.24) is 4.98 Å². The lowest BCUT2D eigenvalue weighted by Crippen LogP contribution is -2.29. The number of nitrogens with one attached hydrogen (secondary N) is 1. The van der Waals surface area contributed by atoms with Crippen LogP contribution < -0.4 is 9.62 Å². The minimum Gasteiger partial charge on any atom is -0.280 e. The lowest BCUT2D eigenvalue weighted by atomic mass is 10.2. The van der Waals surface area contributed by atoms with E-state index in [1.807, 2.05) is 0 Å². The van der Waals surface area contributed by atoms with Gasteiger partial charge in [-0.05, 0) is 54.6 Å². The molecule has 0 saturated heterocycles. The highest BCUT2D eigenvalue weighted by atomic mass is 32.2. The van der Waals surface area contributed by atoms with E-state index in [9.17, 15) is 22.4 Å². The number of nitrogens with zero attached hydrogens (tertiary/aromatic N) is 2. The first kappa shape index (κ1) is 17.8. The van der Waals surface area contributed by atoms with E-state index in [2.05, 4.69) is 9.71 Å². The van der Waals surface area contributed by atoms with E-state index < -0.39 is 27.7 Å². The molecular formula is C19H12FN3O4S. The zero-order valence-corrected chi connectivity index (χ0v) is 15.0. The normalized spacial score (nSPS) is 13.5. The third-order valence-electron chi connectivity index (χ3n) is 4.13. The number of amides is 2. The highest BCUT2D eigenvalue weighted by Crippen LogP contribution is 2.29. The van der Waals surface area contributed by atoms with Gasteiger partial charge in [-0.2, -0.15) is 0 Å². The minimum atomic E-state index is -3.97. The van der Waals surface area contributed by atoms with E-state index in [1.54, 1.807) is 6.07 Å². The number of rotatable bonds is 4. The number of carbonyl (C=O) groups is 2. The van der Waals surface area contributed by atoms with Gasteiger partial charge >= 0.3 is 0 Å². The average molecular weight is 397 g/mol. The molecule has 0 unspecified atom stereocenters. The fourth-order valence-electron chi connectivity index (χ4n) is 2.84. The topological polar surface area (TPSA) is 96.4 Å². The second-order valence-corrected chi connectivity index (χ2v) is 7.64. The molecule has 1 aliphatic rings. The van der Waals surface area contributed by atoms with Crippen molar-refractivity contribution in [3.8, 4) is 0 Å². The Hall–Kier alpha value is -3.59. The highest BCUT2D eigenvalue weighted by molar-refractivity contribution is 7.92. The molecule has 1 N–H and O–H groups in total. The smallest absolute Gasteiger partial charge is 0.280 e. The van der Waals surface area contributed by atoms with Crippen LogP contribution in [0.5, 0.6) is 0 Å². The molecular weight excluding hydrogens is 385 g/mol. The first-order valence-corrected chi connectivity index (χ1v) is 9.57.